The third-order valence-corrected chi connectivity index (χ3v) is 15.8. The van der Waals surface area contributed by atoms with Crippen molar-refractivity contribution >= 4 is 58.5 Å². The summed E-state index contributed by atoms with van der Waals surface area (Å²) in [6.45, 7) is 9.00. The minimum atomic E-state index is -4.61. The summed E-state index contributed by atoms with van der Waals surface area (Å²) in [5, 5.41) is 0. The molecule has 0 aliphatic heterocycles. The molecule has 0 bridgehead atoms. The second-order valence-corrected chi connectivity index (χ2v) is 24.6. The van der Waals surface area contributed by atoms with E-state index in [9.17, 15) is 25.9 Å². The Balaban J connectivity index is -0.00000136. The summed E-state index contributed by atoms with van der Waals surface area (Å²) in [7, 11) is -9.23. The molecule has 0 aromatic rings. The Morgan fingerprint density at radius 2 is 0.467 bits per heavy atom. The summed E-state index contributed by atoms with van der Waals surface area (Å²) in [5.41, 5.74) is 0. The smallest absolute Gasteiger partial charge is 0.726 e. The molecule has 0 aromatic carbocycles. The van der Waals surface area contributed by atoms with E-state index in [1.54, 1.807) is 0 Å². The first kappa shape index (κ1) is 79.7. The molecule has 0 spiro atoms. The number of hydrogen-bond acceptors (Lipinski definition) is 8. The van der Waals surface area contributed by atoms with E-state index in [2.05, 4.69) is 60.4 Å². The van der Waals surface area contributed by atoms with Crippen LogP contribution in [0.4, 0.5) is 0 Å². The molecule has 444 valence electrons. The molecule has 75 heavy (non-hydrogen) atoms. The standard InChI is InChI=1S/2C32H64O4S.Ca/c2*1-3-5-7-9-11-13-14-15-16-17-18-19-20-21-22-24-26-28-30-32(31-36-37(33,34)35)29-27-25-23-12-10-8-6-4-2;/h2*28,30,32H,3-27,29,31H2,1-2H3,(H,33,34,35);/q;;+2/p-2/b2*30-28+;. The van der Waals surface area contributed by atoms with Gasteiger partial charge in [-0.2, -0.15) is 0 Å². The molecule has 2 atom stereocenters. The quantitative estimate of drug-likeness (QED) is 0.0193. The van der Waals surface area contributed by atoms with Gasteiger partial charge < -0.3 is 9.11 Å². The van der Waals surface area contributed by atoms with Gasteiger partial charge in [0.1, 0.15) is 0 Å². The average Bonchev–Trinajstić information content (AvgIpc) is 3.37. The van der Waals surface area contributed by atoms with Crippen LogP contribution < -0.4 is 0 Å². The van der Waals surface area contributed by atoms with E-state index in [1.807, 2.05) is 0 Å². The van der Waals surface area contributed by atoms with Gasteiger partial charge in [-0.25, -0.2) is 16.8 Å². The minimum absolute atomic E-state index is 0. The fourth-order valence-corrected chi connectivity index (χ4v) is 10.8. The van der Waals surface area contributed by atoms with Crippen LogP contribution in [0.15, 0.2) is 24.3 Å². The number of rotatable bonds is 60. The van der Waals surface area contributed by atoms with E-state index in [0.29, 0.717) is 0 Å². The molecule has 0 N–H and O–H groups in total. The van der Waals surface area contributed by atoms with Crippen LogP contribution in [0.2, 0.25) is 0 Å². The van der Waals surface area contributed by atoms with Crippen LogP contribution in [0.1, 0.15) is 362 Å². The van der Waals surface area contributed by atoms with Gasteiger partial charge in [-0.05, 0) is 38.5 Å². The fourth-order valence-electron chi connectivity index (χ4n) is 10.1. The molecule has 0 aromatic heterocycles. The monoisotopic (exact) mass is 1130 g/mol. The number of unbranched alkanes of at least 4 members (excludes halogenated alkanes) is 46. The van der Waals surface area contributed by atoms with Crippen molar-refractivity contribution in [1.82, 2.24) is 0 Å². The molecule has 0 aliphatic carbocycles. The van der Waals surface area contributed by atoms with Gasteiger partial charge in [0.15, 0.2) is 0 Å². The van der Waals surface area contributed by atoms with Gasteiger partial charge in [0.25, 0.3) is 0 Å². The van der Waals surface area contributed by atoms with Gasteiger partial charge >= 0.3 is 37.7 Å². The van der Waals surface area contributed by atoms with Crippen LogP contribution in [-0.4, -0.2) is 76.9 Å². The van der Waals surface area contributed by atoms with Gasteiger partial charge in [-0.3, -0.25) is 8.37 Å². The minimum Gasteiger partial charge on any atom is -0.726 e. The molecule has 0 aliphatic rings. The third-order valence-electron chi connectivity index (χ3n) is 15.0. The van der Waals surface area contributed by atoms with Crippen molar-refractivity contribution in [2.24, 2.45) is 11.8 Å². The zero-order valence-corrected chi connectivity index (χ0v) is 54.3. The van der Waals surface area contributed by atoms with Crippen molar-refractivity contribution in [3.63, 3.8) is 0 Å². The zero-order valence-electron chi connectivity index (χ0n) is 50.4. The second-order valence-electron chi connectivity index (χ2n) is 22.5. The van der Waals surface area contributed by atoms with Gasteiger partial charge in [-0.15, -0.1) is 0 Å². The van der Waals surface area contributed by atoms with Crippen molar-refractivity contribution in [2.75, 3.05) is 13.2 Å². The molecule has 0 saturated carbocycles. The summed E-state index contributed by atoms with van der Waals surface area (Å²) in [6, 6.07) is 0. The van der Waals surface area contributed by atoms with E-state index >= 15 is 0 Å². The predicted molar refractivity (Wildman–Crippen MR) is 325 cm³/mol. The Bertz CT molecular complexity index is 1260. The van der Waals surface area contributed by atoms with Crippen molar-refractivity contribution in [3.05, 3.63) is 24.3 Å². The Kier molecular flexibility index (Phi) is 69.4. The van der Waals surface area contributed by atoms with E-state index in [1.165, 1.54) is 295 Å². The van der Waals surface area contributed by atoms with Crippen molar-refractivity contribution < 1.29 is 34.3 Å². The average molecular weight is 1130 g/mol. The maximum atomic E-state index is 10.9. The van der Waals surface area contributed by atoms with E-state index in [4.69, 9.17) is 0 Å². The predicted octanol–water partition coefficient (Wildman–Crippen LogP) is 21.3. The molecule has 0 heterocycles. The van der Waals surface area contributed by atoms with E-state index in [-0.39, 0.29) is 62.8 Å². The van der Waals surface area contributed by atoms with E-state index < -0.39 is 20.8 Å². The number of allylic oxidation sites excluding steroid dienone is 2. The SMILES string of the molecule is CCCCCCCCCCCCCCCCCC/C=C/C(CCCCCCCCCC)COS(=O)(=O)[O-].CCCCCCCCCCCCCCCCCC/C=C/C(CCCCCCCCCC)COS(=O)(=O)[O-].[Ca+2]. The summed E-state index contributed by atoms with van der Waals surface area (Å²) >= 11 is 0. The van der Waals surface area contributed by atoms with Crippen LogP contribution in [0, 0.1) is 11.8 Å². The topological polar surface area (TPSA) is 133 Å². The summed E-state index contributed by atoms with van der Waals surface area (Å²) < 4.78 is 74.4. The summed E-state index contributed by atoms with van der Waals surface area (Å²) in [4.78, 5) is 0. The van der Waals surface area contributed by atoms with Crippen molar-refractivity contribution in [3.8, 4) is 0 Å². The molecule has 0 radical (unpaired) electrons. The van der Waals surface area contributed by atoms with Gasteiger partial charge in [-0.1, -0.05) is 347 Å². The maximum absolute atomic E-state index is 10.9. The van der Waals surface area contributed by atoms with Gasteiger partial charge in [0.2, 0.25) is 20.8 Å². The third kappa shape index (κ3) is 74.5. The van der Waals surface area contributed by atoms with Gasteiger partial charge in [0, 0.05) is 11.8 Å². The maximum Gasteiger partial charge on any atom is 2.00 e. The molecule has 0 rings (SSSR count). The van der Waals surface area contributed by atoms with Crippen LogP contribution in [0.25, 0.3) is 0 Å². The zero-order chi connectivity index (χ0) is 54.6. The Morgan fingerprint density at radius 3 is 0.653 bits per heavy atom. The normalized spacial score (nSPS) is 12.9. The first-order chi connectivity index (χ1) is 36.0. The Labute approximate surface area is 499 Å². The first-order valence-electron chi connectivity index (χ1n) is 32.5. The fraction of sp³-hybridized carbons (Fsp3) is 0.938. The molecule has 0 saturated heterocycles. The molecule has 0 amide bonds. The van der Waals surface area contributed by atoms with Crippen LogP contribution in [0.3, 0.4) is 0 Å². The molecule has 0 fully saturated rings. The molecule has 8 nitrogen and oxygen atoms in total. The first-order valence-corrected chi connectivity index (χ1v) is 35.2. The molecular formula is C64H126CaO8S2. The summed E-state index contributed by atoms with van der Waals surface area (Å²) in [5.74, 6) is 0.0368. The Hall–Kier alpha value is 0.480. The van der Waals surface area contributed by atoms with Crippen molar-refractivity contribution in [2.45, 2.75) is 362 Å². The Morgan fingerprint density at radius 1 is 0.293 bits per heavy atom. The van der Waals surface area contributed by atoms with Crippen molar-refractivity contribution in [1.29, 1.82) is 0 Å². The van der Waals surface area contributed by atoms with Crippen LogP contribution in [0.5, 0.6) is 0 Å². The van der Waals surface area contributed by atoms with E-state index in [0.717, 1.165) is 38.5 Å². The molecular weight excluding hydrogens is 1000 g/mol. The van der Waals surface area contributed by atoms with Gasteiger partial charge in [0.05, 0.1) is 13.2 Å². The van der Waals surface area contributed by atoms with Crippen LogP contribution in [-0.2, 0) is 29.2 Å². The molecule has 11 heteroatoms. The largest absolute Gasteiger partial charge is 2.00 e. The van der Waals surface area contributed by atoms with Crippen LogP contribution >= 0.6 is 0 Å². The number of hydrogen-bond donors (Lipinski definition) is 0. The summed E-state index contributed by atoms with van der Waals surface area (Å²) in [6.07, 6.45) is 76.3. The second kappa shape index (κ2) is 65.3. The molecule has 2 unspecified atom stereocenters.